The Hall–Kier alpha value is -1.44. The Morgan fingerprint density at radius 3 is 3.06 bits per heavy atom. The number of hydrogen-bond donors (Lipinski definition) is 0. The van der Waals surface area contributed by atoms with Crippen LogP contribution >= 0.6 is 0 Å². The fraction of sp³-hybridized carbons (Fsp3) is 0.462. The van der Waals surface area contributed by atoms with Gasteiger partial charge in [-0.1, -0.05) is 12.1 Å². The summed E-state index contributed by atoms with van der Waals surface area (Å²) in [7, 11) is 1.70. The van der Waals surface area contributed by atoms with Gasteiger partial charge in [0.25, 0.3) is 0 Å². The molecule has 0 saturated carbocycles. The lowest BCUT2D eigenvalue weighted by molar-refractivity contribution is 0.107. The Labute approximate surface area is 100 Å². The smallest absolute Gasteiger partial charge is 0.145 e. The maximum atomic E-state index is 13.8. The molecule has 17 heavy (non-hydrogen) atoms. The van der Waals surface area contributed by atoms with Crippen LogP contribution in [0.5, 0.6) is 0 Å². The number of benzene rings is 1. The second-order valence-corrected chi connectivity index (χ2v) is 4.27. The van der Waals surface area contributed by atoms with E-state index in [-0.39, 0.29) is 11.7 Å². The Morgan fingerprint density at radius 1 is 1.59 bits per heavy atom. The average molecular weight is 234 g/mol. The predicted molar refractivity (Wildman–Crippen MR) is 61.8 cm³/mol. The van der Waals surface area contributed by atoms with Crippen molar-refractivity contribution in [1.82, 2.24) is 4.90 Å². The third kappa shape index (κ3) is 2.63. The molecule has 0 aliphatic carbocycles. The molecule has 2 rings (SSSR count). The van der Waals surface area contributed by atoms with Crippen LogP contribution in [0.3, 0.4) is 0 Å². The summed E-state index contributed by atoms with van der Waals surface area (Å²) in [6, 6.07) is 6.82. The first-order valence-corrected chi connectivity index (χ1v) is 5.67. The third-order valence-corrected chi connectivity index (χ3v) is 3.16. The van der Waals surface area contributed by atoms with Gasteiger partial charge in [-0.05, 0) is 12.5 Å². The molecule has 1 aliphatic heterocycles. The van der Waals surface area contributed by atoms with E-state index in [0.29, 0.717) is 12.1 Å². The van der Waals surface area contributed by atoms with E-state index in [4.69, 9.17) is 10.00 Å². The lowest BCUT2D eigenvalue weighted by Crippen LogP contribution is -2.23. The van der Waals surface area contributed by atoms with E-state index in [1.165, 1.54) is 6.07 Å². The number of likely N-dealkylation sites (tertiary alicyclic amines) is 1. The van der Waals surface area contributed by atoms with Gasteiger partial charge in [-0.2, -0.15) is 5.26 Å². The molecule has 1 unspecified atom stereocenters. The summed E-state index contributed by atoms with van der Waals surface area (Å²) in [5.74, 6) is -0.393. The van der Waals surface area contributed by atoms with Crippen molar-refractivity contribution in [3.05, 3.63) is 35.1 Å². The van der Waals surface area contributed by atoms with Crippen LogP contribution in [-0.4, -0.2) is 31.2 Å². The molecule has 1 aliphatic rings. The lowest BCUT2D eigenvalue weighted by atomic mass is 10.1. The van der Waals surface area contributed by atoms with Gasteiger partial charge in [0.05, 0.1) is 11.7 Å². The predicted octanol–water partition coefficient (Wildman–Crippen LogP) is 1.92. The standard InChI is InChI=1S/C13H15FN2O/c1-17-12-5-6-16(9-12)8-11-4-2-3-10(7-15)13(11)14/h2-4,12H,5-6,8-9H2,1H3. The van der Waals surface area contributed by atoms with Crippen molar-refractivity contribution in [2.24, 2.45) is 0 Å². The van der Waals surface area contributed by atoms with Crippen LogP contribution in [-0.2, 0) is 11.3 Å². The van der Waals surface area contributed by atoms with Crippen molar-refractivity contribution < 1.29 is 9.13 Å². The van der Waals surface area contributed by atoms with Crippen LogP contribution in [0.15, 0.2) is 18.2 Å². The molecule has 1 saturated heterocycles. The van der Waals surface area contributed by atoms with Crippen LogP contribution in [0.4, 0.5) is 4.39 Å². The number of nitriles is 1. The Bertz CT molecular complexity index is 442. The quantitative estimate of drug-likeness (QED) is 0.801. The first kappa shape index (κ1) is 12.0. The molecule has 1 heterocycles. The molecule has 1 aromatic carbocycles. The van der Waals surface area contributed by atoms with Crippen LogP contribution < -0.4 is 0 Å². The van der Waals surface area contributed by atoms with Gasteiger partial charge in [0, 0.05) is 32.3 Å². The van der Waals surface area contributed by atoms with Gasteiger partial charge in [0.15, 0.2) is 0 Å². The summed E-state index contributed by atoms with van der Waals surface area (Å²) >= 11 is 0. The fourth-order valence-corrected chi connectivity index (χ4v) is 2.16. The maximum absolute atomic E-state index is 13.8. The Balaban J connectivity index is 2.07. The van der Waals surface area contributed by atoms with Gasteiger partial charge in [-0.25, -0.2) is 4.39 Å². The summed E-state index contributed by atoms with van der Waals surface area (Å²) < 4.78 is 19.1. The van der Waals surface area contributed by atoms with Gasteiger partial charge in [0.1, 0.15) is 11.9 Å². The largest absolute Gasteiger partial charge is 0.380 e. The molecular weight excluding hydrogens is 219 g/mol. The normalized spacial score (nSPS) is 20.4. The summed E-state index contributed by atoms with van der Waals surface area (Å²) in [5, 5.41) is 8.76. The molecule has 90 valence electrons. The highest BCUT2D eigenvalue weighted by Crippen LogP contribution is 2.18. The summed E-state index contributed by atoms with van der Waals surface area (Å²) in [6.07, 6.45) is 1.23. The van der Waals surface area contributed by atoms with Crippen molar-refractivity contribution >= 4 is 0 Å². The zero-order valence-electron chi connectivity index (χ0n) is 9.82. The zero-order chi connectivity index (χ0) is 12.3. The minimum absolute atomic E-state index is 0.116. The number of halogens is 1. The van der Waals surface area contributed by atoms with Gasteiger partial charge >= 0.3 is 0 Å². The van der Waals surface area contributed by atoms with Crippen LogP contribution in [0.1, 0.15) is 17.5 Å². The fourth-order valence-electron chi connectivity index (χ4n) is 2.16. The summed E-state index contributed by atoms with van der Waals surface area (Å²) in [4.78, 5) is 2.15. The third-order valence-electron chi connectivity index (χ3n) is 3.16. The highest BCUT2D eigenvalue weighted by Gasteiger charge is 2.23. The minimum atomic E-state index is -0.393. The highest BCUT2D eigenvalue weighted by atomic mass is 19.1. The molecule has 0 amide bonds. The van der Waals surface area contributed by atoms with Crippen molar-refractivity contribution in [3.63, 3.8) is 0 Å². The molecule has 1 atom stereocenters. The molecule has 4 heteroatoms. The lowest BCUT2D eigenvalue weighted by Gasteiger charge is -2.16. The first-order chi connectivity index (χ1) is 8.24. The molecule has 3 nitrogen and oxygen atoms in total. The van der Waals surface area contributed by atoms with E-state index in [9.17, 15) is 4.39 Å². The first-order valence-electron chi connectivity index (χ1n) is 5.67. The number of hydrogen-bond acceptors (Lipinski definition) is 3. The van der Waals surface area contributed by atoms with E-state index < -0.39 is 5.82 Å². The summed E-state index contributed by atoms with van der Waals surface area (Å²) in [6.45, 7) is 2.28. The van der Waals surface area contributed by atoms with Crippen LogP contribution in [0.2, 0.25) is 0 Å². The zero-order valence-corrected chi connectivity index (χ0v) is 9.82. The van der Waals surface area contributed by atoms with Gasteiger partial charge in [-0.3, -0.25) is 4.90 Å². The molecule has 1 aromatic rings. The molecule has 0 spiro atoms. The molecular formula is C13H15FN2O. The monoisotopic (exact) mass is 234 g/mol. The topological polar surface area (TPSA) is 36.3 Å². The SMILES string of the molecule is COC1CCN(Cc2cccc(C#N)c2F)C1. The molecule has 1 fully saturated rings. The van der Waals surface area contributed by atoms with Gasteiger partial charge < -0.3 is 4.74 Å². The molecule has 0 radical (unpaired) electrons. The molecule has 0 bridgehead atoms. The maximum Gasteiger partial charge on any atom is 0.145 e. The Morgan fingerprint density at radius 2 is 2.41 bits per heavy atom. The number of methoxy groups -OCH3 is 1. The van der Waals surface area contributed by atoms with E-state index >= 15 is 0 Å². The second kappa shape index (κ2) is 5.26. The molecule has 0 N–H and O–H groups in total. The number of nitrogens with zero attached hydrogens (tertiary/aromatic N) is 2. The average Bonchev–Trinajstić information content (AvgIpc) is 2.79. The highest BCUT2D eigenvalue weighted by molar-refractivity contribution is 5.34. The van der Waals surface area contributed by atoms with Crippen molar-refractivity contribution in [2.45, 2.75) is 19.1 Å². The molecule has 0 aromatic heterocycles. The number of ether oxygens (including phenoxy) is 1. The second-order valence-electron chi connectivity index (χ2n) is 4.27. The van der Waals surface area contributed by atoms with E-state index in [1.807, 2.05) is 6.07 Å². The van der Waals surface area contributed by atoms with Gasteiger partial charge in [-0.15, -0.1) is 0 Å². The van der Waals surface area contributed by atoms with E-state index in [2.05, 4.69) is 4.90 Å². The van der Waals surface area contributed by atoms with Crippen molar-refractivity contribution in [1.29, 1.82) is 5.26 Å². The number of rotatable bonds is 3. The van der Waals surface area contributed by atoms with Gasteiger partial charge in [0.2, 0.25) is 0 Å². The van der Waals surface area contributed by atoms with Crippen LogP contribution in [0.25, 0.3) is 0 Å². The van der Waals surface area contributed by atoms with Crippen molar-refractivity contribution in [2.75, 3.05) is 20.2 Å². The Kier molecular flexibility index (Phi) is 3.72. The van der Waals surface area contributed by atoms with Crippen molar-refractivity contribution in [3.8, 4) is 6.07 Å². The summed E-state index contributed by atoms with van der Waals surface area (Å²) in [5.41, 5.74) is 0.700. The minimum Gasteiger partial charge on any atom is -0.380 e. The van der Waals surface area contributed by atoms with E-state index in [0.717, 1.165) is 19.5 Å². The van der Waals surface area contributed by atoms with Crippen LogP contribution in [0, 0.1) is 17.1 Å². The van der Waals surface area contributed by atoms with E-state index in [1.54, 1.807) is 19.2 Å².